The Labute approximate surface area is 110 Å². The zero-order valence-corrected chi connectivity index (χ0v) is 10.5. The molecule has 1 unspecified atom stereocenters. The highest BCUT2D eigenvalue weighted by molar-refractivity contribution is 5.80. The molecule has 4 N–H and O–H groups in total. The van der Waals surface area contributed by atoms with Gasteiger partial charge in [-0.1, -0.05) is 12.1 Å². The van der Waals surface area contributed by atoms with Crippen molar-refractivity contribution < 1.29 is 9.47 Å². The number of rotatable bonds is 1. The standard InChI is InChI=1S/C13H14N4O2/c1-7-6-18-11-8(3-2-4-10(11)19-7)9-5-16-13(15)17-12(9)14/h2-5,7H,6H2,1H3,(H4,14,15,16,17). The minimum absolute atomic E-state index is 0.0303. The second-order valence-electron chi connectivity index (χ2n) is 4.40. The van der Waals surface area contributed by atoms with Gasteiger partial charge in [-0.2, -0.15) is 4.98 Å². The van der Waals surface area contributed by atoms with Crippen LogP contribution >= 0.6 is 0 Å². The van der Waals surface area contributed by atoms with E-state index in [4.69, 9.17) is 20.9 Å². The van der Waals surface area contributed by atoms with Crippen LogP contribution in [0.25, 0.3) is 11.1 Å². The molecule has 2 aromatic rings. The van der Waals surface area contributed by atoms with Crippen molar-refractivity contribution in [3.63, 3.8) is 0 Å². The molecule has 0 radical (unpaired) electrons. The van der Waals surface area contributed by atoms with E-state index < -0.39 is 0 Å². The highest BCUT2D eigenvalue weighted by atomic mass is 16.6. The lowest BCUT2D eigenvalue weighted by molar-refractivity contribution is 0.105. The van der Waals surface area contributed by atoms with E-state index in [0.717, 1.165) is 5.56 Å². The molecule has 0 spiro atoms. The number of para-hydroxylation sites is 1. The predicted octanol–water partition coefficient (Wildman–Crippen LogP) is 1.47. The Bertz CT molecular complexity index is 630. The van der Waals surface area contributed by atoms with Crippen molar-refractivity contribution in [1.82, 2.24) is 9.97 Å². The van der Waals surface area contributed by atoms with Gasteiger partial charge >= 0.3 is 0 Å². The van der Waals surface area contributed by atoms with Crippen LogP contribution < -0.4 is 20.9 Å². The molecule has 1 aliphatic heterocycles. The van der Waals surface area contributed by atoms with E-state index in [-0.39, 0.29) is 12.1 Å². The zero-order valence-electron chi connectivity index (χ0n) is 10.5. The Kier molecular flexibility index (Phi) is 2.63. The first-order chi connectivity index (χ1) is 9.15. The average Bonchev–Trinajstić information content (AvgIpc) is 2.38. The normalized spacial score (nSPS) is 17.2. The Morgan fingerprint density at radius 2 is 2.11 bits per heavy atom. The molecule has 0 saturated carbocycles. The first-order valence-electron chi connectivity index (χ1n) is 5.96. The Morgan fingerprint density at radius 1 is 1.26 bits per heavy atom. The molecule has 3 rings (SSSR count). The van der Waals surface area contributed by atoms with Gasteiger partial charge in [0.1, 0.15) is 18.5 Å². The van der Waals surface area contributed by atoms with E-state index >= 15 is 0 Å². The van der Waals surface area contributed by atoms with Crippen LogP contribution in [0.4, 0.5) is 11.8 Å². The molecule has 0 saturated heterocycles. The smallest absolute Gasteiger partial charge is 0.221 e. The van der Waals surface area contributed by atoms with Gasteiger partial charge in [0, 0.05) is 17.3 Å². The summed E-state index contributed by atoms with van der Waals surface area (Å²) >= 11 is 0. The number of ether oxygens (including phenoxy) is 2. The summed E-state index contributed by atoms with van der Waals surface area (Å²) in [5, 5.41) is 0. The molecular weight excluding hydrogens is 244 g/mol. The summed E-state index contributed by atoms with van der Waals surface area (Å²) in [7, 11) is 0. The summed E-state index contributed by atoms with van der Waals surface area (Å²) in [6.45, 7) is 2.45. The van der Waals surface area contributed by atoms with E-state index in [9.17, 15) is 0 Å². The largest absolute Gasteiger partial charge is 0.485 e. The second-order valence-corrected chi connectivity index (χ2v) is 4.40. The number of fused-ring (bicyclic) bond motifs is 1. The maximum absolute atomic E-state index is 5.89. The topological polar surface area (TPSA) is 96.3 Å². The van der Waals surface area contributed by atoms with Crippen LogP contribution in [-0.2, 0) is 0 Å². The van der Waals surface area contributed by atoms with Gasteiger partial charge in [0.2, 0.25) is 5.95 Å². The van der Waals surface area contributed by atoms with E-state index in [0.29, 0.717) is 29.5 Å². The molecule has 6 heteroatoms. The molecule has 19 heavy (non-hydrogen) atoms. The summed E-state index contributed by atoms with van der Waals surface area (Å²) in [5.74, 6) is 1.84. The molecule has 1 atom stereocenters. The number of nitrogens with zero attached hydrogens (tertiary/aromatic N) is 2. The van der Waals surface area contributed by atoms with Crippen LogP contribution in [0.1, 0.15) is 6.92 Å². The molecule has 2 heterocycles. The number of anilines is 2. The number of aromatic nitrogens is 2. The molecule has 1 aromatic carbocycles. The lowest BCUT2D eigenvalue weighted by Gasteiger charge is -2.25. The molecule has 0 aliphatic carbocycles. The lowest BCUT2D eigenvalue weighted by Crippen LogP contribution is -2.26. The van der Waals surface area contributed by atoms with Gasteiger partial charge < -0.3 is 20.9 Å². The SMILES string of the molecule is CC1COc2c(cccc2-c2cnc(N)nc2N)O1. The van der Waals surface area contributed by atoms with Gasteiger partial charge in [-0.15, -0.1) is 0 Å². The van der Waals surface area contributed by atoms with Gasteiger partial charge in [0.15, 0.2) is 11.5 Å². The van der Waals surface area contributed by atoms with Gasteiger partial charge in [0.25, 0.3) is 0 Å². The summed E-state index contributed by atoms with van der Waals surface area (Å²) < 4.78 is 11.5. The molecule has 0 bridgehead atoms. The number of hydrogen-bond acceptors (Lipinski definition) is 6. The monoisotopic (exact) mass is 258 g/mol. The first kappa shape index (κ1) is 11.6. The van der Waals surface area contributed by atoms with Gasteiger partial charge in [-0.25, -0.2) is 4.98 Å². The van der Waals surface area contributed by atoms with Crippen molar-refractivity contribution in [1.29, 1.82) is 0 Å². The van der Waals surface area contributed by atoms with E-state index in [2.05, 4.69) is 9.97 Å². The first-order valence-corrected chi connectivity index (χ1v) is 5.96. The molecular formula is C13H14N4O2. The van der Waals surface area contributed by atoms with Crippen LogP contribution in [0.3, 0.4) is 0 Å². The minimum atomic E-state index is 0.0303. The van der Waals surface area contributed by atoms with Crippen molar-refractivity contribution in [2.75, 3.05) is 18.1 Å². The third-order valence-electron chi connectivity index (χ3n) is 2.90. The van der Waals surface area contributed by atoms with E-state index in [1.54, 1.807) is 6.20 Å². The minimum Gasteiger partial charge on any atom is -0.485 e. The molecule has 1 aliphatic rings. The van der Waals surface area contributed by atoms with Crippen molar-refractivity contribution in [3.8, 4) is 22.6 Å². The Hall–Kier alpha value is -2.50. The number of nitrogens with two attached hydrogens (primary N) is 2. The second kappa shape index (κ2) is 4.31. The Balaban J connectivity index is 2.13. The van der Waals surface area contributed by atoms with Crippen molar-refractivity contribution in [2.24, 2.45) is 0 Å². The van der Waals surface area contributed by atoms with Crippen molar-refractivity contribution in [3.05, 3.63) is 24.4 Å². The fourth-order valence-electron chi connectivity index (χ4n) is 2.04. The molecule has 98 valence electrons. The number of hydrogen-bond donors (Lipinski definition) is 2. The molecule has 6 nitrogen and oxygen atoms in total. The summed E-state index contributed by atoms with van der Waals surface area (Å²) in [4.78, 5) is 7.93. The fraction of sp³-hybridized carbons (Fsp3) is 0.231. The van der Waals surface area contributed by atoms with Gasteiger partial charge in [-0.3, -0.25) is 0 Å². The number of benzene rings is 1. The summed E-state index contributed by atoms with van der Waals surface area (Å²) in [5.41, 5.74) is 12.9. The maximum atomic E-state index is 5.89. The Morgan fingerprint density at radius 3 is 2.89 bits per heavy atom. The lowest BCUT2D eigenvalue weighted by atomic mass is 10.1. The quantitative estimate of drug-likeness (QED) is 0.804. The van der Waals surface area contributed by atoms with Gasteiger partial charge in [-0.05, 0) is 13.0 Å². The highest BCUT2D eigenvalue weighted by Crippen LogP contribution is 2.41. The molecule has 1 aromatic heterocycles. The van der Waals surface area contributed by atoms with Crippen LogP contribution in [0.2, 0.25) is 0 Å². The average molecular weight is 258 g/mol. The van der Waals surface area contributed by atoms with Crippen molar-refractivity contribution in [2.45, 2.75) is 13.0 Å². The van der Waals surface area contributed by atoms with E-state index in [1.165, 1.54) is 0 Å². The maximum Gasteiger partial charge on any atom is 0.221 e. The third kappa shape index (κ3) is 2.01. The van der Waals surface area contributed by atoms with Crippen molar-refractivity contribution >= 4 is 11.8 Å². The third-order valence-corrected chi connectivity index (χ3v) is 2.90. The van der Waals surface area contributed by atoms with Crippen LogP contribution in [-0.4, -0.2) is 22.7 Å². The molecule has 0 amide bonds. The zero-order chi connectivity index (χ0) is 13.4. The van der Waals surface area contributed by atoms with Crippen LogP contribution in [0, 0.1) is 0 Å². The number of nitrogen functional groups attached to an aromatic ring is 2. The van der Waals surface area contributed by atoms with Gasteiger partial charge in [0.05, 0.1) is 0 Å². The predicted molar refractivity (Wildman–Crippen MR) is 71.9 cm³/mol. The fourth-order valence-corrected chi connectivity index (χ4v) is 2.04. The van der Waals surface area contributed by atoms with Crippen LogP contribution in [0.15, 0.2) is 24.4 Å². The van der Waals surface area contributed by atoms with Crippen LogP contribution in [0.5, 0.6) is 11.5 Å². The highest BCUT2D eigenvalue weighted by Gasteiger charge is 2.22. The summed E-state index contributed by atoms with van der Waals surface area (Å²) in [6.07, 6.45) is 1.62. The van der Waals surface area contributed by atoms with E-state index in [1.807, 2.05) is 25.1 Å². The molecule has 0 fully saturated rings. The summed E-state index contributed by atoms with van der Waals surface area (Å²) in [6, 6.07) is 5.64.